The van der Waals surface area contributed by atoms with E-state index in [4.69, 9.17) is 16.0 Å². The van der Waals surface area contributed by atoms with Gasteiger partial charge in [0.15, 0.2) is 11.0 Å². The van der Waals surface area contributed by atoms with Gasteiger partial charge >= 0.3 is 0 Å². The topological polar surface area (TPSA) is 39.6 Å². The van der Waals surface area contributed by atoms with Crippen LogP contribution in [0.2, 0.25) is 5.22 Å². The molecule has 1 aliphatic rings. The molecule has 3 nitrogen and oxygen atoms in total. The van der Waals surface area contributed by atoms with Crippen LogP contribution in [0, 0.1) is 0 Å². The number of nitrogens with zero attached hydrogens (tertiary/aromatic N) is 2. The van der Waals surface area contributed by atoms with E-state index in [-0.39, 0.29) is 0 Å². The summed E-state index contributed by atoms with van der Waals surface area (Å²) in [6.07, 6.45) is 3.36. The highest BCUT2D eigenvalue weighted by atomic mass is 35.5. The second-order valence-corrected chi connectivity index (χ2v) is 2.39. The smallest absolute Gasteiger partial charge is 0.194 e. The Morgan fingerprint density at radius 2 is 2.27 bits per heavy atom. The summed E-state index contributed by atoms with van der Waals surface area (Å²) in [5, 5.41) is 4.16. The Labute approximate surface area is 68.3 Å². The van der Waals surface area contributed by atoms with Crippen LogP contribution in [0.25, 0.3) is 0 Å². The van der Waals surface area contributed by atoms with Crippen molar-refractivity contribution in [3.63, 3.8) is 0 Å². The first kappa shape index (κ1) is 6.49. The molecule has 2 heterocycles. The molecule has 0 aliphatic carbocycles. The number of rotatable bonds is 1. The molecule has 0 saturated heterocycles. The van der Waals surface area contributed by atoms with E-state index in [1.165, 1.54) is 0 Å². The fourth-order valence-electron chi connectivity index (χ4n) is 0.816. The summed E-state index contributed by atoms with van der Waals surface area (Å²) in [4.78, 5) is 0. The van der Waals surface area contributed by atoms with Gasteiger partial charge in [-0.05, 0) is 29.8 Å². The predicted octanol–water partition coefficient (Wildman–Crippen LogP) is 1.77. The first-order chi connectivity index (χ1) is 5.36. The van der Waals surface area contributed by atoms with Crippen LogP contribution < -0.4 is 5.43 Å². The molecule has 0 saturated carbocycles. The van der Waals surface area contributed by atoms with E-state index in [1.54, 1.807) is 24.4 Å². The molecule has 0 amide bonds. The van der Waals surface area contributed by atoms with E-state index in [9.17, 15) is 0 Å². The van der Waals surface area contributed by atoms with Crippen molar-refractivity contribution in [3.05, 3.63) is 35.4 Å². The van der Waals surface area contributed by atoms with Gasteiger partial charge in [0, 0.05) is 0 Å². The Hall–Kier alpha value is -1.22. The van der Waals surface area contributed by atoms with Gasteiger partial charge in [-0.2, -0.15) is 5.43 Å². The summed E-state index contributed by atoms with van der Waals surface area (Å²) in [5.74, 6) is 0.646. The van der Waals surface area contributed by atoms with E-state index < -0.39 is 0 Å². The molecule has 0 aromatic carbocycles. The fraction of sp³-hybridized carbons (Fsp3) is 0. The summed E-state index contributed by atoms with van der Waals surface area (Å²) < 4.78 is 5.09. The van der Waals surface area contributed by atoms with Crippen molar-refractivity contribution in [2.45, 2.75) is 0 Å². The summed E-state index contributed by atoms with van der Waals surface area (Å²) in [6, 6.07) is 3.43. The minimum atomic E-state index is 0.364. The van der Waals surface area contributed by atoms with E-state index in [2.05, 4.69) is 10.5 Å². The lowest BCUT2D eigenvalue weighted by atomic mass is 10.3. The third-order valence-corrected chi connectivity index (χ3v) is 1.49. The Kier molecular flexibility index (Phi) is 1.43. The Balaban J connectivity index is 2.36. The standard InChI is InChI=1S/C7H4ClN2O/c8-7-2-1-6(11-7)5-3-4-9-10-5/h1-4H. The van der Waals surface area contributed by atoms with Crippen molar-refractivity contribution in [2.75, 3.05) is 0 Å². The summed E-state index contributed by atoms with van der Waals surface area (Å²) in [5.41, 5.74) is 4.36. The van der Waals surface area contributed by atoms with Gasteiger partial charge < -0.3 is 4.42 Å². The van der Waals surface area contributed by atoms with Crippen molar-refractivity contribution in [3.8, 4) is 0 Å². The molecular weight excluding hydrogens is 164 g/mol. The average molecular weight is 168 g/mol. The molecule has 0 bridgehead atoms. The minimum Gasteiger partial charge on any atom is -0.443 e. The lowest BCUT2D eigenvalue weighted by molar-refractivity contribution is 0.560. The Morgan fingerprint density at radius 3 is 2.82 bits per heavy atom. The average Bonchev–Trinajstić information content (AvgIpc) is 2.55. The van der Waals surface area contributed by atoms with Crippen LogP contribution in [0.5, 0.6) is 0 Å². The highest BCUT2D eigenvalue weighted by Gasteiger charge is 2.08. The van der Waals surface area contributed by atoms with Crippen molar-refractivity contribution >= 4 is 17.3 Å². The Bertz CT molecular complexity index is 327. The van der Waals surface area contributed by atoms with Crippen LogP contribution in [0.15, 0.2) is 33.9 Å². The van der Waals surface area contributed by atoms with Gasteiger partial charge in [-0.3, -0.25) is 0 Å². The van der Waals surface area contributed by atoms with E-state index in [1.807, 2.05) is 0 Å². The molecule has 1 aromatic heterocycles. The molecule has 11 heavy (non-hydrogen) atoms. The maximum absolute atomic E-state index is 5.56. The predicted molar refractivity (Wildman–Crippen MR) is 41.5 cm³/mol. The lowest BCUT2D eigenvalue weighted by Gasteiger charge is -1.87. The molecule has 1 aliphatic heterocycles. The monoisotopic (exact) mass is 167 g/mol. The third kappa shape index (κ3) is 1.14. The number of halogens is 1. The second-order valence-electron chi connectivity index (χ2n) is 2.02. The van der Waals surface area contributed by atoms with Crippen molar-refractivity contribution in [2.24, 2.45) is 5.10 Å². The summed E-state index contributed by atoms with van der Waals surface area (Å²) in [6.45, 7) is 0. The number of furan rings is 1. The normalized spacial score (nSPS) is 14.8. The van der Waals surface area contributed by atoms with Crippen molar-refractivity contribution in [1.29, 1.82) is 0 Å². The van der Waals surface area contributed by atoms with Gasteiger partial charge in [-0.1, -0.05) is 0 Å². The lowest BCUT2D eigenvalue weighted by Crippen LogP contribution is -1.90. The van der Waals surface area contributed by atoms with Crippen LogP contribution in [0.3, 0.4) is 0 Å². The van der Waals surface area contributed by atoms with Crippen LogP contribution in [-0.2, 0) is 0 Å². The molecular formula is C7H4ClN2O. The first-order valence-electron chi connectivity index (χ1n) is 3.06. The SMILES string of the molecule is Clc1ccc(C2=N[N]C=C2)o1. The highest BCUT2D eigenvalue weighted by molar-refractivity contribution is 6.29. The number of hydrogen-bond donors (Lipinski definition) is 0. The zero-order valence-electron chi connectivity index (χ0n) is 5.49. The molecule has 0 atom stereocenters. The third-order valence-electron chi connectivity index (χ3n) is 1.29. The van der Waals surface area contributed by atoms with Crippen molar-refractivity contribution in [1.82, 2.24) is 5.43 Å². The van der Waals surface area contributed by atoms with Gasteiger partial charge in [-0.15, -0.1) is 5.10 Å². The maximum atomic E-state index is 5.56. The molecule has 0 unspecified atom stereocenters. The summed E-state index contributed by atoms with van der Waals surface area (Å²) >= 11 is 5.56. The van der Waals surface area contributed by atoms with Crippen LogP contribution >= 0.6 is 11.6 Å². The second kappa shape index (κ2) is 2.43. The fourth-order valence-corrected chi connectivity index (χ4v) is 0.962. The summed E-state index contributed by atoms with van der Waals surface area (Å²) in [7, 11) is 0. The van der Waals surface area contributed by atoms with Gasteiger partial charge in [0.05, 0.1) is 6.20 Å². The first-order valence-corrected chi connectivity index (χ1v) is 3.44. The van der Waals surface area contributed by atoms with Gasteiger partial charge in [0.1, 0.15) is 5.71 Å². The van der Waals surface area contributed by atoms with Gasteiger partial charge in [0.2, 0.25) is 0 Å². The molecule has 0 fully saturated rings. The van der Waals surface area contributed by atoms with E-state index in [0.717, 1.165) is 0 Å². The molecule has 0 N–H and O–H groups in total. The van der Waals surface area contributed by atoms with E-state index >= 15 is 0 Å². The molecule has 4 heteroatoms. The molecule has 55 valence electrons. The quantitative estimate of drug-likeness (QED) is 0.628. The zero-order valence-corrected chi connectivity index (χ0v) is 6.25. The van der Waals surface area contributed by atoms with Crippen LogP contribution in [0.4, 0.5) is 0 Å². The number of allylic oxidation sites excluding steroid dienone is 1. The van der Waals surface area contributed by atoms with Gasteiger partial charge in [0.25, 0.3) is 0 Å². The molecule has 2 rings (SSSR count). The molecule has 1 aromatic rings. The Morgan fingerprint density at radius 1 is 1.36 bits per heavy atom. The maximum Gasteiger partial charge on any atom is 0.194 e. The van der Waals surface area contributed by atoms with Crippen molar-refractivity contribution < 1.29 is 4.42 Å². The number of hydrogen-bond acceptors (Lipinski definition) is 2. The van der Waals surface area contributed by atoms with Gasteiger partial charge in [-0.25, -0.2) is 0 Å². The highest BCUT2D eigenvalue weighted by Crippen LogP contribution is 2.15. The van der Waals surface area contributed by atoms with E-state index in [0.29, 0.717) is 16.7 Å². The minimum absolute atomic E-state index is 0.364. The zero-order chi connectivity index (χ0) is 7.68. The largest absolute Gasteiger partial charge is 0.443 e. The van der Waals surface area contributed by atoms with Crippen LogP contribution in [-0.4, -0.2) is 5.71 Å². The molecule has 0 spiro atoms. The van der Waals surface area contributed by atoms with Crippen LogP contribution in [0.1, 0.15) is 5.76 Å². The molecule has 1 radical (unpaired) electrons.